The molecule has 0 aromatic heterocycles. The first kappa shape index (κ1) is 20.4. The maximum absolute atomic E-state index is 12.6. The molecule has 150 valence electrons. The van der Waals surface area contributed by atoms with Crippen molar-refractivity contribution in [3.05, 3.63) is 53.1 Å². The number of carbonyl (C=O) groups excluding carboxylic acids is 1. The van der Waals surface area contributed by atoms with E-state index in [2.05, 4.69) is 5.32 Å². The Morgan fingerprint density at radius 1 is 1.04 bits per heavy atom. The quantitative estimate of drug-likeness (QED) is 0.803. The van der Waals surface area contributed by atoms with Gasteiger partial charge < -0.3 is 10.1 Å². The summed E-state index contributed by atoms with van der Waals surface area (Å²) in [7, 11) is -3.46. The van der Waals surface area contributed by atoms with Crippen LogP contribution in [0.2, 0.25) is 0 Å². The van der Waals surface area contributed by atoms with Gasteiger partial charge in [0.25, 0.3) is 5.91 Å². The van der Waals surface area contributed by atoms with Crippen LogP contribution in [0.4, 0.5) is 5.69 Å². The van der Waals surface area contributed by atoms with E-state index in [1.165, 1.54) is 10.4 Å². The van der Waals surface area contributed by atoms with Crippen molar-refractivity contribution in [1.29, 1.82) is 0 Å². The van der Waals surface area contributed by atoms with Crippen LogP contribution in [0.5, 0.6) is 5.75 Å². The first-order valence-electron chi connectivity index (χ1n) is 9.37. The summed E-state index contributed by atoms with van der Waals surface area (Å²) in [6, 6.07) is 10.6. The maximum Gasteiger partial charge on any atom is 0.262 e. The normalized spacial score (nSPS) is 14.8. The molecule has 1 heterocycles. The van der Waals surface area contributed by atoms with E-state index in [1.54, 1.807) is 19.1 Å². The Balaban J connectivity index is 1.64. The molecule has 28 heavy (non-hydrogen) atoms. The zero-order valence-electron chi connectivity index (χ0n) is 16.5. The highest BCUT2D eigenvalue weighted by Gasteiger charge is 2.27. The third kappa shape index (κ3) is 4.72. The van der Waals surface area contributed by atoms with Crippen LogP contribution in [0.25, 0.3) is 0 Å². The summed E-state index contributed by atoms with van der Waals surface area (Å²) in [5, 5.41) is 2.82. The van der Waals surface area contributed by atoms with Crippen LogP contribution in [0, 0.1) is 20.8 Å². The topological polar surface area (TPSA) is 75.7 Å². The minimum Gasteiger partial charge on any atom is -0.483 e. The van der Waals surface area contributed by atoms with Gasteiger partial charge in [-0.2, -0.15) is 4.31 Å². The van der Waals surface area contributed by atoms with Crippen LogP contribution >= 0.6 is 0 Å². The Bertz CT molecular complexity index is 960. The molecule has 3 rings (SSSR count). The minimum atomic E-state index is -3.46. The van der Waals surface area contributed by atoms with Crippen LogP contribution in [-0.4, -0.2) is 38.3 Å². The van der Waals surface area contributed by atoms with Crippen LogP contribution in [-0.2, 0) is 14.8 Å². The number of nitrogens with one attached hydrogen (secondary N) is 1. The van der Waals surface area contributed by atoms with E-state index < -0.39 is 10.0 Å². The van der Waals surface area contributed by atoms with E-state index in [9.17, 15) is 13.2 Å². The second-order valence-electron chi connectivity index (χ2n) is 7.25. The van der Waals surface area contributed by atoms with Gasteiger partial charge in [-0.25, -0.2) is 8.42 Å². The van der Waals surface area contributed by atoms with E-state index in [0.29, 0.717) is 24.4 Å². The van der Waals surface area contributed by atoms with Crippen LogP contribution in [0.1, 0.15) is 29.5 Å². The van der Waals surface area contributed by atoms with Crippen molar-refractivity contribution in [3.63, 3.8) is 0 Å². The highest BCUT2D eigenvalue weighted by molar-refractivity contribution is 7.89. The molecule has 1 N–H and O–H groups in total. The summed E-state index contributed by atoms with van der Waals surface area (Å²) >= 11 is 0. The Morgan fingerprint density at radius 2 is 1.68 bits per heavy atom. The fourth-order valence-electron chi connectivity index (χ4n) is 3.41. The van der Waals surface area contributed by atoms with Gasteiger partial charge in [0, 0.05) is 18.8 Å². The molecule has 1 amide bonds. The lowest BCUT2D eigenvalue weighted by molar-refractivity contribution is -0.118. The number of hydrogen-bond donors (Lipinski definition) is 1. The molecule has 0 aliphatic carbocycles. The van der Waals surface area contributed by atoms with E-state index in [1.807, 2.05) is 32.0 Å². The summed E-state index contributed by atoms with van der Waals surface area (Å²) in [6.45, 7) is 6.71. The molecule has 0 unspecified atom stereocenters. The number of ether oxygens (including phenoxy) is 1. The van der Waals surface area contributed by atoms with E-state index in [0.717, 1.165) is 29.7 Å². The highest BCUT2D eigenvalue weighted by atomic mass is 32.2. The lowest BCUT2D eigenvalue weighted by Crippen LogP contribution is -2.27. The standard InChI is InChI=1S/C21H26N2O4S/c1-15-10-16(2)12-18(11-15)22-21(24)14-27-20-7-6-19(13-17(20)3)28(25,26)23-8-4-5-9-23/h6-7,10-13H,4-5,8-9,14H2,1-3H3,(H,22,24). The zero-order chi connectivity index (χ0) is 20.3. The molecule has 1 fully saturated rings. The molecule has 0 bridgehead atoms. The molecule has 2 aromatic carbocycles. The van der Waals surface area contributed by atoms with Gasteiger partial charge in [0.15, 0.2) is 6.61 Å². The van der Waals surface area contributed by atoms with Crippen molar-refractivity contribution in [2.75, 3.05) is 25.0 Å². The third-order valence-electron chi connectivity index (χ3n) is 4.71. The van der Waals surface area contributed by atoms with E-state index in [-0.39, 0.29) is 17.4 Å². The molecular formula is C21H26N2O4S. The number of aryl methyl sites for hydroxylation is 3. The lowest BCUT2D eigenvalue weighted by atomic mass is 10.1. The first-order valence-corrected chi connectivity index (χ1v) is 10.8. The molecule has 0 radical (unpaired) electrons. The Hall–Kier alpha value is -2.38. The van der Waals surface area contributed by atoms with Crippen molar-refractivity contribution in [3.8, 4) is 5.75 Å². The number of hydrogen-bond acceptors (Lipinski definition) is 4. The highest BCUT2D eigenvalue weighted by Crippen LogP contribution is 2.26. The predicted molar refractivity (Wildman–Crippen MR) is 109 cm³/mol. The first-order chi connectivity index (χ1) is 13.3. The van der Waals surface area contributed by atoms with Crippen molar-refractivity contribution in [2.45, 2.75) is 38.5 Å². The number of benzene rings is 2. The molecule has 0 atom stereocenters. The molecule has 1 aliphatic rings. The predicted octanol–water partition coefficient (Wildman–Crippen LogP) is 3.41. The molecule has 6 nitrogen and oxygen atoms in total. The van der Waals surface area contributed by atoms with E-state index in [4.69, 9.17) is 4.74 Å². The second-order valence-corrected chi connectivity index (χ2v) is 9.19. The van der Waals surface area contributed by atoms with E-state index >= 15 is 0 Å². The average Bonchev–Trinajstić information content (AvgIpc) is 3.15. The molecule has 1 saturated heterocycles. The molecule has 0 spiro atoms. The van der Waals surface area contributed by atoms with Gasteiger partial charge in [-0.05, 0) is 80.6 Å². The molecule has 7 heteroatoms. The SMILES string of the molecule is Cc1cc(C)cc(NC(=O)COc2ccc(S(=O)(=O)N3CCCC3)cc2C)c1. The fourth-order valence-corrected chi connectivity index (χ4v) is 5.01. The summed E-state index contributed by atoms with van der Waals surface area (Å²) < 4.78 is 32.4. The smallest absolute Gasteiger partial charge is 0.262 e. The van der Waals surface area contributed by atoms with Gasteiger partial charge in [-0.3, -0.25) is 4.79 Å². The molecule has 2 aromatic rings. The summed E-state index contributed by atoms with van der Waals surface area (Å²) in [5.74, 6) is 0.231. The largest absolute Gasteiger partial charge is 0.483 e. The van der Waals surface area contributed by atoms with Gasteiger partial charge >= 0.3 is 0 Å². The molecule has 1 aliphatic heterocycles. The number of nitrogens with zero attached hydrogens (tertiary/aromatic N) is 1. The van der Waals surface area contributed by atoms with Gasteiger partial charge in [-0.1, -0.05) is 6.07 Å². The van der Waals surface area contributed by atoms with Crippen molar-refractivity contribution in [2.24, 2.45) is 0 Å². The number of rotatable bonds is 6. The molecule has 0 saturated carbocycles. The summed E-state index contributed by atoms with van der Waals surface area (Å²) in [6.07, 6.45) is 1.80. The van der Waals surface area contributed by atoms with Gasteiger partial charge in [-0.15, -0.1) is 0 Å². The van der Waals surface area contributed by atoms with Crippen molar-refractivity contribution in [1.82, 2.24) is 4.31 Å². The van der Waals surface area contributed by atoms with Crippen LogP contribution < -0.4 is 10.1 Å². The monoisotopic (exact) mass is 402 g/mol. The van der Waals surface area contributed by atoms with Gasteiger partial charge in [0.2, 0.25) is 10.0 Å². The van der Waals surface area contributed by atoms with Gasteiger partial charge in [0.1, 0.15) is 5.75 Å². The lowest BCUT2D eigenvalue weighted by Gasteiger charge is -2.17. The number of anilines is 1. The number of amides is 1. The number of sulfonamides is 1. The Kier molecular flexibility index (Phi) is 6.05. The third-order valence-corrected chi connectivity index (χ3v) is 6.61. The average molecular weight is 403 g/mol. The summed E-state index contributed by atoms with van der Waals surface area (Å²) in [4.78, 5) is 12.4. The van der Waals surface area contributed by atoms with Crippen molar-refractivity contribution < 1.29 is 17.9 Å². The van der Waals surface area contributed by atoms with Crippen LogP contribution in [0.3, 0.4) is 0 Å². The Labute approximate surface area is 166 Å². The minimum absolute atomic E-state index is 0.147. The maximum atomic E-state index is 12.6. The zero-order valence-corrected chi connectivity index (χ0v) is 17.3. The summed E-state index contributed by atoms with van der Waals surface area (Å²) in [5.41, 5.74) is 3.55. The van der Waals surface area contributed by atoms with Gasteiger partial charge in [0.05, 0.1) is 4.90 Å². The fraction of sp³-hybridized carbons (Fsp3) is 0.381. The van der Waals surface area contributed by atoms with Crippen LogP contribution in [0.15, 0.2) is 41.3 Å². The Morgan fingerprint density at radius 3 is 2.29 bits per heavy atom. The number of carbonyl (C=O) groups is 1. The second kappa shape index (κ2) is 8.32. The molecular weight excluding hydrogens is 376 g/mol. The van der Waals surface area contributed by atoms with Crippen molar-refractivity contribution >= 4 is 21.6 Å².